The van der Waals surface area contributed by atoms with Crippen molar-refractivity contribution in [2.75, 3.05) is 32.8 Å². The van der Waals surface area contributed by atoms with E-state index >= 15 is 0 Å². The number of phenolic OH excluding ortho intramolecular Hbond substituents is 1. The highest BCUT2D eigenvalue weighted by Crippen LogP contribution is 2.36. The van der Waals surface area contributed by atoms with Crippen molar-refractivity contribution in [1.29, 1.82) is 0 Å². The van der Waals surface area contributed by atoms with Crippen molar-refractivity contribution in [3.05, 3.63) is 63.0 Å². The molecule has 0 aliphatic carbocycles. The maximum absolute atomic E-state index is 12.9. The van der Waals surface area contributed by atoms with Crippen LogP contribution in [0, 0.1) is 0 Å². The number of hydrogen-bond acceptors (Lipinski definition) is 6. The number of carbonyl (C=O) groups is 2. The number of aromatic hydroxyl groups is 1. The summed E-state index contributed by atoms with van der Waals surface area (Å²) in [5, 5.41) is 10.7. The van der Waals surface area contributed by atoms with Gasteiger partial charge in [-0.1, -0.05) is 22.0 Å². The van der Waals surface area contributed by atoms with Crippen LogP contribution in [0.3, 0.4) is 0 Å². The summed E-state index contributed by atoms with van der Waals surface area (Å²) in [7, 11) is 0. The summed E-state index contributed by atoms with van der Waals surface area (Å²) in [6, 6.07) is 12.2. The van der Waals surface area contributed by atoms with E-state index in [0.29, 0.717) is 59.7 Å². The maximum Gasteiger partial charge on any atom is 0.266 e. The average molecular weight is 516 g/mol. The van der Waals surface area contributed by atoms with E-state index in [0.717, 1.165) is 4.47 Å². The molecule has 2 aromatic carbocycles. The summed E-state index contributed by atoms with van der Waals surface area (Å²) in [4.78, 5) is 34.2. The molecule has 0 saturated carbocycles. The first kappa shape index (κ1) is 22.6. The Hall–Kier alpha value is -2.62. The van der Waals surface area contributed by atoms with Gasteiger partial charge in [0.1, 0.15) is 5.75 Å². The van der Waals surface area contributed by atoms with Crippen LogP contribution in [-0.2, 0) is 9.53 Å². The standard InChI is InChI=1S/C23H22BrN3O4S/c1-2-27-22(30)20(14-16-12-17(24)6-7-19(16)28)32-23(27)25-18-5-3-4-15(13-18)21(29)26-8-10-31-11-9-26/h3-7,12-14,28H,2,8-11H2,1H3/b20-14+,25-23?. The highest BCUT2D eigenvalue weighted by molar-refractivity contribution is 9.10. The molecule has 0 spiro atoms. The molecular weight excluding hydrogens is 494 g/mol. The molecule has 32 heavy (non-hydrogen) atoms. The molecule has 2 fully saturated rings. The number of hydrogen-bond donors (Lipinski definition) is 1. The summed E-state index contributed by atoms with van der Waals surface area (Å²) >= 11 is 4.63. The number of rotatable bonds is 4. The first-order valence-corrected chi connectivity index (χ1v) is 11.8. The second-order valence-electron chi connectivity index (χ2n) is 7.21. The number of aliphatic imine (C=N–C) groups is 1. The Bertz CT molecular complexity index is 1110. The molecule has 2 aliphatic heterocycles. The van der Waals surface area contributed by atoms with E-state index in [1.807, 2.05) is 13.0 Å². The zero-order valence-electron chi connectivity index (χ0n) is 17.5. The van der Waals surface area contributed by atoms with Gasteiger partial charge in [0.05, 0.1) is 23.8 Å². The zero-order valence-corrected chi connectivity index (χ0v) is 19.9. The fourth-order valence-electron chi connectivity index (χ4n) is 3.42. The van der Waals surface area contributed by atoms with Crippen molar-refractivity contribution in [3.63, 3.8) is 0 Å². The van der Waals surface area contributed by atoms with Crippen molar-refractivity contribution < 1.29 is 19.4 Å². The number of ether oxygens (including phenoxy) is 1. The van der Waals surface area contributed by atoms with Gasteiger partial charge in [0.2, 0.25) is 0 Å². The molecule has 0 unspecified atom stereocenters. The van der Waals surface area contributed by atoms with Crippen molar-refractivity contribution in [2.45, 2.75) is 6.92 Å². The Kier molecular flexibility index (Phi) is 6.98. The lowest BCUT2D eigenvalue weighted by Gasteiger charge is -2.26. The van der Waals surface area contributed by atoms with Crippen LogP contribution in [0.5, 0.6) is 5.75 Å². The van der Waals surface area contributed by atoms with E-state index in [1.165, 1.54) is 11.8 Å². The van der Waals surface area contributed by atoms with Crippen LogP contribution in [-0.4, -0.2) is 64.7 Å². The van der Waals surface area contributed by atoms with Crippen LogP contribution < -0.4 is 0 Å². The van der Waals surface area contributed by atoms with E-state index < -0.39 is 0 Å². The van der Waals surface area contributed by atoms with Crippen molar-refractivity contribution in [2.24, 2.45) is 4.99 Å². The number of carbonyl (C=O) groups excluding carboxylic acids is 2. The summed E-state index contributed by atoms with van der Waals surface area (Å²) in [5.41, 5.74) is 1.70. The third-order valence-electron chi connectivity index (χ3n) is 5.10. The van der Waals surface area contributed by atoms with Gasteiger partial charge >= 0.3 is 0 Å². The highest BCUT2D eigenvalue weighted by atomic mass is 79.9. The minimum absolute atomic E-state index is 0.0523. The first-order chi connectivity index (χ1) is 15.5. The predicted octanol–water partition coefficient (Wildman–Crippen LogP) is 4.25. The second-order valence-corrected chi connectivity index (χ2v) is 9.14. The Morgan fingerprint density at radius 3 is 2.78 bits per heavy atom. The molecule has 2 aromatic rings. The second kappa shape index (κ2) is 9.89. The fraction of sp³-hybridized carbons (Fsp3) is 0.261. The van der Waals surface area contributed by atoms with Gasteiger partial charge in [0.15, 0.2) is 5.17 Å². The van der Waals surface area contributed by atoms with Gasteiger partial charge in [-0.25, -0.2) is 4.99 Å². The van der Waals surface area contributed by atoms with Crippen LogP contribution in [0.25, 0.3) is 6.08 Å². The largest absolute Gasteiger partial charge is 0.507 e. The monoisotopic (exact) mass is 515 g/mol. The fourth-order valence-corrected chi connectivity index (χ4v) is 4.85. The number of phenols is 1. The molecule has 1 N–H and O–H groups in total. The van der Waals surface area contributed by atoms with Crippen LogP contribution in [0.2, 0.25) is 0 Å². The lowest BCUT2D eigenvalue weighted by Crippen LogP contribution is -2.40. The SMILES string of the molecule is CCN1C(=O)/C(=C\c2cc(Br)ccc2O)SC1=Nc1cccc(C(=O)N2CCOCC2)c1. The minimum atomic E-state index is -0.170. The Labute approximate surface area is 198 Å². The van der Waals surface area contributed by atoms with Crippen molar-refractivity contribution in [3.8, 4) is 5.75 Å². The molecule has 4 rings (SSSR count). The molecule has 7 nitrogen and oxygen atoms in total. The quantitative estimate of drug-likeness (QED) is 0.615. The number of amidine groups is 1. The predicted molar refractivity (Wildman–Crippen MR) is 129 cm³/mol. The molecular formula is C23H22BrN3O4S. The average Bonchev–Trinajstić information content (AvgIpc) is 3.10. The summed E-state index contributed by atoms with van der Waals surface area (Å²) in [5.74, 6) is -0.128. The smallest absolute Gasteiger partial charge is 0.266 e. The molecule has 2 saturated heterocycles. The lowest BCUT2D eigenvalue weighted by atomic mass is 10.1. The van der Waals surface area contributed by atoms with Crippen LogP contribution in [0.4, 0.5) is 5.69 Å². The molecule has 166 valence electrons. The van der Waals surface area contributed by atoms with Crippen molar-refractivity contribution >= 4 is 56.4 Å². The Morgan fingerprint density at radius 2 is 2.03 bits per heavy atom. The van der Waals surface area contributed by atoms with Crippen molar-refractivity contribution in [1.82, 2.24) is 9.80 Å². The van der Waals surface area contributed by atoms with Gasteiger partial charge < -0.3 is 14.7 Å². The number of nitrogens with zero attached hydrogens (tertiary/aromatic N) is 3. The topological polar surface area (TPSA) is 82.4 Å². The molecule has 0 aromatic heterocycles. The van der Waals surface area contributed by atoms with Gasteiger partial charge in [-0.05, 0) is 61.2 Å². The molecule has 0 atom stereocenters. The van der Waals surface area contributed by atoms with E-state index in [4.69, 9.17) is 4.74 Å². The van der Waals surface area contributed by atoms with Gasteiger partial charge in [0, 0.05) is 35.2 Å². The third-order valence-corrected chi connectivity index (χ3v) is 6.60. The van der Waals surface area contributed by atoms with E-state index in [2.05, 4.69) is 20.9 Å². The Balaban J connectivity index is 1.61. The maximum atomic E-state index is 12.9. The number of amides is 2. The van der Waals surface area contributed by atoms with Gasteiger partial charge in [0.25, 0.3) is 11.8 Å². The summed E-state index contributed by atoms with van der Waals surface area (Å²) < 4.78 is 6.13. The van der Waals surface area contributed by atoms with E-state index in [9.17, 15) is 14.7 Å². The number of morpholine rings is 1. The van der Waals surface area contributed by atoms with Crippen LogP contribution in [0.1, 0.15) is 22.8 Å². The molecule has 0 bridgehead atoms. The number of halogens is 1. The van der Waals surface area contributed by atoms with Crippen LogP contribution in [0.15, 0.2) is 56.8 Å². The zero-order chi connectivity index (χ0) is 22.7. The molecule has 9 heteroatoms. The van der Waals surface area contributed by atoms with E-state index in [-0.39, 0.29) is 17.6 Å². The molecule has 0 radical (unpaired) electrons. The molecule has 2 heterocycles. The Morgan fingerprint density at radius 1 is 1.25 bits per heavy atom. The summed E-state index contributed by atoms with van der Waals surface area (Å²) in [6.07, 6.45) is 1.66. The molecule has 2 amide bonds. The molecule has 2 aliphatic rings. The number of likely N-dealkylation sites (N-methyl/N-ethyl adjacent to an activating group) is 1. The number of thioether (sulfide) groups is 1. The first-order valence-electron chi connectivity index (χ1n) is 10.2. The van der Waals surface area contributed by atoms with Crippen LogP contribution >= 0.6 is 27.7 Å². The minimum Gasteiger partial charge on any atom is -0.507 e. The summed E-state index contributed by atoms with van der Waals surface area (Å²) in [6.45, 7) is 4.57. The normalized spacial score (nSPS) is 19.2. The van der Waals surface area contributed by atoms with E-state index in [1.54, 1.807) is 52.3 Å². The van der Waals surface area contributed by atoms with Gasteiger partial charge in [-0.2, -0.15) is 0 Å². The highest BCUT2D eigenvalue weighted by Gasteiger charge is 2.32. The number of benzene rings is 2. The van der Waals surface area contributed by atoms with Gasteiger partial charge in [-0.15, -0.1) is 0 Å². The lowest BCUT2D eigenvalue weighted by molar-refractivity contribution is -0.122. The van der Waals surface area contributed by atoms with Gasteiger partial charge in [-0.3, -0.25) is 14.5 Å². The third kappa shape index (κ3) is 4.90.